The van der Waals surface area contributed by atoms with Crippen LogP contribution in [-0.2, 0) is 17.9 Å². The number of aromatic nitrogens is 4. The van der Waals surface area contributed by atoms with E-state index in [0.29, 0.717) is 21.6 Å². The first-order chi connectivity index (χ1) is 12.3. The number of carbonyl (C=O) groups is 1. The molecular formula is C16H13BrCl3N5O. The first-order valence-electron chi connectivity index (χ1n) is 7.48. The minimum atomic E-state index is -0.289. The molecule has 1 amide bonds. The number of amides is 1. The lowest BCUT2D eigenvalue weighted by Gasteiger charge is -2.07. The van der Waals surface area contributed by atoms with Gasteiger partial charge < -0.3 is 5.32 Å². The van der Waals surface area contributed by atoms with Gasteiger partial charge in [0.15, 0.2) is 5.82 Å². The summed E-state index contributed by atoms with van der Waals surface area (Å²) in [6, 6.07) is 5.27. The number of hydrogen-bond donors (Lipinski definition) is 1. The van der Waals surface area contributed by atoms with Crippen LogP contribution < -0.4 is 5.32 Å². The molecule has 0 aliphatic heterocycles. The molecule has 2 aromatic heterocycles. The van der Waals surface area contributed by atoms with E-state index in [0.717, 1.165) is 15.7 Å². The summed E-state index contributed by atoms with van der Waals surface area (Å²) in [6.45, 7) is 2.22. The van der Waals surface area contributed by atoms with Crippen LogP contribution in [0.2, 0.25) is 15.1 Å². The van der Waals surface area contributed by atoms with Gasteiger partial charge in [0.05, 0.1) is 16.7 Å². The van der Waals surface area contributed by atoms with Crippen molar-refractivity contribution in [2.24, 2.45) is 0 Å². The van der Waals surface area contributed by atoms with Crippen LogP contribution in [-0.4, -0.2) is 25.5 Å². The van der Waals surface area contributed by atoms with Crippen molar-refractivity contribution in [1.82, 2.24) is 19.6 Å². The smallest absolute Gasteiger partial charge is 0.247 e. The fourth-order valence-corrected chi connectivity index (χ4v) is 3.33. The van der Waals surface area contributed by atoms with Crippen LogP contribution in [0.15, 0.2) is 35.1 Å². The highest BCUT2D eigenvalue weighted by molar-refractivity contribution is 9.10. The zero-order chi connectivity index (χ0) is 18.8. The molecule has 0 fully saturated rings. The van der Waals surface area contributed by atoms with Crippen molar-refractivity contribution < 1.29 is 4.79 Å². The van der Waals surface area contributed by atoms with E-state index in [2.05, 4.69) is 31.4 Å². The van der Waals surface area contributed by atoms with Gasteiger partial charge in [0.2, 0.25) is 5.91 Å². The third kappa shape index (κ3) is 4.40. The number of hydrogen-bond acceptors (Lipinski definition) is 3. The third-order valence-corrected chi connectivity index (χ3v) is 5.31. The lowest BCUT2D eigenvalue weighted by molar-refractivity contribution is -0.116. The molecule has 10 heteroatoms. The highest BCUT2D eigenvalue weighted by Gasteiger charge is 2.14. The minimum absolute atomic E-state index is 0.0476. The maximum atomic E-state index is 12.2. The molecule has 0 bridgehead atoms. The van der Waals surface area contributed by atoms with E-state index in [1.807, 2.05) is 6.92 Å². The highest BCUT2D eigenvalue weighted by atomic mass is 79.9. The monoisotopic (exact) mass is 475 g/mol. The van der Waals surface area contributed by atoms with Crippen molar-refractivity contribution in [2.45, 2.75) is 20.0 Å². The van der Waals surface area contributed by atoms with Crippen LogP contribution >= 0.6 is 50.7 Å². The molecular weight excluding hydrogens is 464 g/mol. The van der Waals surface area contributed by atoms with Gasteiger partial charge >= 0.3 is 0 Å². The van der Waals surface area contributed by atoms with Gasteiger partial charge in [-0.25, -0.2) is 0 Å². The van der Waals surface area contributed by atoms with Gasteiger partial charge in [-0.1, -0.05) is 40.9 Å². The Bertz CT molecular complexity index is 929. The van der Waals surface area contributed by atoms with E-state index in [1.165, 1.54) is 4.68 Å². The molecule has 136 valence electrons. The van der Waals surface area contributed by atoms with Crippen LogP contribution in [0.3, 0.4) is 0 Å². The lowest BCUT2D eigenvalue weighted by Crippen LogP contribution is -2.19. The standard InChI is InChI=1S/C16H13BrCl3N5O/c1-9-11(17)6-25(22-9)8-15(26)21-16-14(20)7-24(23-16)5-10-12(18)3-2-4-13(10)19/h2-4,6-7H,5,8H2,1H3,(H,21,23,26). The first-order valence-corrected chi connectivity index (χ1v) is 9.41. The highest BCUT2D eigenvalue weighted by Crippen LogP contribution is 2.27. The van der Waals surface area contributed by atoms with Gasteiger partial charge in [0.25, 0.3) is 0 Å². The number of benzene rings is 1. The summed E-state index contributed by atoms with van der Waals surface area (Å²) in [6.07, 6.45) is 3.33. The topological polar surface area (TPSA) is 64.7 Å². The molecule has 3 rings (SSSR count). The van der Waals surface area contributed by atoms with Gasteiger partial charge in [-0.05, 0) is 35.0 Å². The summed E-state index contributed by atoms with van der Waals surface area (Å²) in [5, 5.41) is 12.6. The first kappa shape index (κ1) is 19.2. The normalized spacial score (nSPS) is 11.0. The van der Waals surface area contributed by atoms with Crippen molar-refractivity contribution in [1.29, 1.82) is 0 Å². The molecule has 0 saturated heterocycles. The van der Waals surface area contributed by atoms with E-state index in [1.54, 1.807) is 35.3 Å². The fraction of sp³-hybridized carbons (Fsp3) is 0.188. The number of nitrogens with zero attached hydrogens (tertiary/aromatic N) is 4. The molecule has 0 spiro atoms. The van der Waals surface area contributed by atoms with Crippen LogP contribution in [0.1, 0.15) is 11.3 Å². The Labute approximate surface area is 173 Å². The average Bonchev–Trinajstić information content (AvgIpc) is 3.05. The van der Waals surface area contributed by atoms with E-state index < -0.39 is 0 Å². The number of halogens is 4. The fourth-order valence-electron chi connectivity index (χ4n) is 2.30. The van der Waals surface area contributed by atoms with Crippen molar-refractivity contribution >= 4 is 62.5 Å². The molecule has 0 unspecified atom stereocenters. The Morgan fingerprint density at radius 1 is 1.12 bits per heavy atom. The maximum absolute atomic E-state index is 12.2. The van der Waals surface area contributed by atoms with Crippen molar-refractivity contribution in [3.63, 3.8) is 0 Å². The van der Waals surface area contributed by atoms with Gasteiger partial charge in [0.1, 0.15) is 11.6 Å². The molecule has 2 heterocycles. The molecule has 0 saturated carbocycles. The van der Waals surface area contributed by atoms with E-state index in [4.69, 9.17) is 34.8 Å². The second-order valence-corrected chi connectivity index (χ2v) is 7.61. The Balaban J connectivity index is 1.71. The largest absolute Gasteiger partial charge is 0.306 e. The van der Waals surface area contributed by atoms with Gasteiger partial charge in [-0.15, -0.1) is 0 Å². The van der Waals surface area contributed by atoms with Gasteiger partial charge in [-0.2, -0.15) is 10.2 Å². The summed E-state index contributed by atoms with van der Waals surface area (Å²) in [5.74, 6) is -0.0225. The maximum Gasteiger partial charge on any atom is 0.247 e. The molecule has 26 heavy (non-hydrogen) atoms. The summed E-state index contributed by atoms with van der Waals surface area (Å²) in [7, 11) is 0. The molecule has 0 atom stereocenters. The summed E-state index contributed by atoms with van der Waals surface area (Å²) >= 11 is 21.9. The minimum Gasteiger partial charge on any atom is -0.306 e. The van der Waals surface area contributed by atoms with E-state index in [9.17, 15) is 4.79 Å². The van der Waals surface area contributed by atoms with Crippen LogP contribution in [0.25, 0.3) is 0 Å². The van der Waals surface area contributed by atoms with Crippen molar-refractivity contribution in [2.75, 3.05) is 5.32 Å². The van der Waals surface area contributed by atoms with Crippen LogP contribution in [0.4, 0.5) is 5.82 Å². The predicted molar refractivity (Wildman–Crippen MR) is 106 cm³/mol. The van der Waals surface area contributed by atoms with Crippen molar-refractivity contribution in [3.8, 4) is 0 Å². The molecule has 3 aromatic rings. The number of anilines is 1. The van der Waals surface area contributed by atoms with Crippen LogP contribution in [0, 0.1) is 6.92 Å². The average molecular weight is 478 g/mol. The number of carbonyl (C=O) groups excluding carboxylic acids is 1. The molecule has 1 aromatic carbocycles. The quantitative estimate of drug-likeness (QED) is 0.574. The van der Waals surface area contributed by atoms with E-state index >= 15 is 0 Å². The summed E-state index contributed by atoms with van der Waals surface area (Å²) in [4.78, 5) is 12.2. The van der Waals surface area contributed by atoms with E-state index in [-0.39, 0.29) is 18.3 Å². The zero-order valence-electron chi connectivity index (χ0n) is 13.5. The lowest BCUT2D eigenvalue weighted by atomic mass is 10.2. The zero-order valence-corrected chi connectivity index (χ0v) is 17.4. The molecule has 1 N–H and O–H groups in total. The van der Waals surface area contributed by atoms with Gasteiger partial charge in [-0.3, -0.25) is 14.2 Å². The summed E-state index contributed by atoms with van der Waals surface area (Å²) in [5.41, 5.74) is 1.53. The number of rotatable bonds is 5. The summed E-state index contributed by atoms with van der Waals surface area (Å²) < 4.78 is 3.94. The molecule has 0 aliphatic rings. The van der Waals surface area contributed by atoms with Crippen LogP contribution in [0.5, 0.6) is 0 Å². The Hall–Kier alpha value is -1.54. The van der Waals surface area contributed by atoms with Gasteiger partial charge in [0, 0.05) is 28.0 Å². The molecule has 0 radical (unpaired) electrons. The van der Waals surface area contributed by atoms with Crippen molar-refractivity contribution in [3.05, 3.63) is 61.4 Å². The Kier molecular flexibility index (Phi) is 5.92. The third-order valence-electron chi connectivity index (χ3n) is 3.55. The number of nitrogens with one attached hydrogen (secondary N) is 1. The Morgan fingerprint density at radius 2 is 1.81 bits per heavy atom. The predicted octanol–water partition coefficient (Wildman–Crippen LogP) is 4.80. The number of aryl methyl sites for hydroxylation is 1. The SMILES string of the molecule is Cc1nn(CC(=O)Nc2nn(Cc3c(Cl)cccc3Cl)cc2Cl)cc1Br. The Morgan fingerprint density at radius 3 is 2.42 bits per heavy atom. The molecule has 0 aliphatic carbocycles. The second kappa shape index (κ2) is 8.00. The second-order valence-electron chi connectivity index (χ2n) is 5.53. The molecule has 6 nitrogen and oxygen atoms in total.